The summed E-state index contributed by atoms with van der Waals surface area (Å²) >= 11 is 0. The van der Waals surface area contributed by atoms with E-state index < -0.39 is 10.0 Å². The van der Waals surface area contributed by atoms with Crippen molar-refractivity contribution in [2.45, 2.75) is 32.1 Å². The Bertz CT molecular complexity index is 892. The van der Waals surface area contributed by atoms with E-state index in [1.54, 1.807) is 19.1 Å². The number of rotatable bonds is 7. The van der Waals surface area contributed by atoms with Gasteiger partial charge in [-0.3, -0.25) is 4.99 Å². The molecule has 0 saturated heterocycles. The topological polar surface area (TPSA) is 96.6 Å². The van der Waals surface area contributed by atoms with Gasteiger partial charge >= 0.3 is 0 Å². The van der Waals surface area contributed by atoms with Gasteiger partial charge in [-0.2, -0.15) is 0 Å². The molecule has 2 rings (SSSR count). The lowest BCUT2D eigenvalue weighted by Gasteiger charge is -2.10. The first-order valence-corrected chi connectivity index (χ1v) is 10.0. The predicted octanol–water partition coefficient (Wildman–Crippen LogP) is 2.57. The van der Waals surface area contributed by atoms with Gasteiger partial charge in [-0.15, -0.1) is 0 Å². The van der Waals surface area contributed by atoms with Crippen molar-refractivity contribution in [3.05, 3.63) is 59.2 Å². The normalized spacial score (nSPS) is 12.2. The van der Waals surface area contributed by atoms with E-state index in [2.05, 4.69) is 22.0 Å². The number of nitrogens with zero attached hydrogens (tertiary/aromatic N) is 1. The summed E-state index contributed by atoms with van der Waals surface area (Å²) in [6.45, 7) is 6.14. The molecule has 26 heavy (non-hydrogen) atoms. The minimum Gasteiger partial charge on any atom is -0.370 e. The SMILES string of the molecule is CCc1cccc(NC(N)=NCCNS(=O)(=O)c2cc(C)ccc2C)c1. The predicted molar refractivity (Wildman–Crippen MR) is 107 cm³/mol. The van der Waals surface area contributed by atoms with Crippen molar-refractivity contribution in [1.82, 2.24) is 4.72 Å². The smallest absolute Gasteiger partial charge is 0.240 e. The molecular formula is C19H26N4O2S. The molecule has 0 aliphatic rings. The maximum atomic E-state index is 12.4. The molecule has 0 heterocycles. The van der Waals surface area contributed by atoms with Crippen LogP contribution in [0.3, 0.4) is 0 Å². The second-order valence-corrected chi connectivity index (χ2v) is 7.85. The summed E-state index contributed by atoms with van der Waals surface area (Å²) in [5.41, 5.74) is 9.54. The Hall–Kier alpha value is -2.38. The highest BCUT2D eigenvalue weighted by molar-refractivity contribution is 7.89. The fourth-order valence-corrected chi connectivity index (χ4v) is 3.84. The summed E-state index contributed by atoms with van der Waals surface area (Å²) in [5.74, 6) is 0.254. The van der Waals surface area contributed by atoms with Gasteiger partial charge in [0.05, 0.1) is 11.4 Å². The molecule has 0 spiro atoms. The summed E-state index contributed by atoms with van der Waals surface area (Å²) < 4.78 is 27.4. The number of aliphatic imine (C=N–C) groups is 1. The molecule has 140 valence electrons. The van der Waals surface area contributed by atoms with Gasteiger partial charge in [0.2, 0.25) is 10.0 Å². The van der Waals surface area contributed by atoms with E-state index in [9.17, 15) is 8.42 Å². The van der Waals surface area contributed by atoms with E-state index in [1.165, 1.54) is 5.56 Å². The molecule has 0 aromatic heterocycles. The lowest BCUT2D eigenvalue weighted by molar-refractivity contribution is 0.581. The highest BCUT2D eigenvalue weighted by atomic mass is 32.2. The van der Waals surface area contributed by atoms with Crippen LogP contribution in [0.15, 0.2) is 52.4 Å². The van der Waals surface area contributed by atoms with Gasteiger partial charge in [0.25, 0.3) is 0 Å². The third-order valence-corrected chi connectivity index (χ3v) is 5.53. The maximum Gasteiger partial charge on any atom is 0.240 e. The number of hydrogen-bond acceptors (Lipinski definition) is 3. The molecule has 0 bridgehead atoms. The van der Waals surface area contributed by atoms with Crippen LogP contribution in [-0.4, -0.2) is 27.5 Å². The Balaban J connectivity index is 1.92. The van der Waals surface area contributed by atoms with Crippen molar-refractivity contribution < 1.29 is 8.42 Å². The van der Waals surface area contributed by atoms with Crippen LogP contribution in [0.25, 0.3) is 0 Å². The van der Waals surface area contributed by atoms with E-state index in [1.807, 2.05) is 37.3 Å². The third kappa shape index (κ3) is 5.57. The number of sulfonamides is 1. The molecule has 4 N–H and O–H groups in total. The van der Waals surface area contributed by atoms with Gasteiger partial charge in [0.15, 0.2) is 5.96 Å². The standard InChI is InChI=1S/C19H26N4O2S/c1-4-16-6-5-7-17(13-16)23-19(20)21-10-11-22-26(24,25)18-12-14(2)8-9-15(18)3/h5-9,12-13,22H,4,10-11H2,1-3H3,(H3,20,21,23). The molecule has 0 aliphatic heterocycles. The van der Waals surface area contributed by atoms with Gasteiger partial charge < -0.3 is 11.1 Å². The molecule has 0 atom stereocenters. The van der Waals surface area contributed by atoms with Crippen molar-refractivity contribution in [2.24, 2.45) is 10.7 Å². The molecule has 6 nitrogen and oxygen atoms in total. The molecule has 0 fully saturated rings. The van der Waals surface area contributed by atoms with E-state index in [0.29, 0.717) is 10.5 Å². The minimum atomic E-state index is -3.56. The molecule has 0 radical (unpaired) electrons. The van der Waals surface area contributed by atoms with Crippen LogP contribution in [0.2, 0.25) is 0 Å². The molecule has 0 saturated carbocycles. The monoisotopic (exact) mass is 374 g/mol. The fraction of sp³-hybridized carbons (Fsp3) is 0.316. The summed E-state index contributed by atoms with van der Waals surface area (Å²) in [7, 11) is -3.56. The molecule has 0 unspecified atom stereocenters. The molecule has 0 amide bonds. The molecule has 2 aromatic carbocycles. The van der Waals surface area contributed by atoms with Crippen molar-refractivity contribution in [3.63, 3.8) is 0 Å². The van der Waals surface area contributed by atoms with E-state index in [4.69, 9.17) is 5.73 Å². The minimum absolute atomic E-state index is 0.174. The first kappa shape index (κ1) is 19.9. The van der Waals surface area contributed by atoms with Crippen molar-refractivity contribution >= 4 is 21.7 Å². The zero-order chi connectivity index (χ0) is 19.2. The van der Waals surface area contributed by atoms with Crippen LogP contribution >= 0.6 is 0 Å². The van der Waals surface area contributed by atoms with Crippen LogP contribution in [-0.2, 0) is 16.4 Å². The van der Waals surface area contributed by atoms with Gasteiger partial charge in [-0.05, 0) is 55.2 Å². The van der Waals surface area contributed by atoms with Crippen LogP contribution in [0.5, 0.6) is 0 Å². The summed E-state index contributed by atoms with van der Waals surface area (Å²) in [6.07, 6.45) is 0.937. The van der Waals surface area contributed by atoms with Gasteiger partial charge in [0.1, 0.15) is 0 Å². The first-order chi connectivity index (χ1) is 12.3. The number of nitrogens with one attached hydrogen (secondary N) is 2. The van der Waals surface area contributed by atoms with Crippen LogP contribution < -0.4 is 15.8 Å². The van der Waals surface area contributed by atoms with E-state index in [0.717, 1.165) is 17.7 Å². The number of hydrogen-bond donors (Lipinski definition) is 3. The van der Waals surface area contributed by atoms with Crippen LogP contribution in [0.4, 0.5) is 5.69 Å². The summed E-state index contributed by atoms with van der Waals surface area (Å²) in [4.78, 5) is 4.46. The van der Waals surface area contributed by atoms with Gasteiger partial charge in [0, 0.05) is 12.2 Å². The molecule has 7 heteroatoms. The molecule has 2 aromatic rings. The first-order valence-electron chi connectivity index (χ1n) is 8.54. The summed E-state index contributed by atoms with van der Waals surface area (Å²) in [6, 6.07) is 13.3. The lowest BCUT2D eigenvalue weighted by atomic mass is 10.1. The quantitative estimate of drug-likeness (QED) is 0.394. The second-order valence-electron chi connectivity index (χ2n) is 6.11. The van der Waals surface area contributed by atoms with Crippen LogP contribution in [0, 0.1) is 13.8 Å². The lowest BCUT2D eigenvalue weighted by Crippen LogP contribution is -2.29. The number of benzene rings is 2. The number of anilines is 1. The maximum absolute atomic E-state index is 12.4. The van der Waals surface area contributed by atoms with Crippen molar-refractivity contribution in [3.8, 4) is 0 Å². The second kappa shape index (κ2) is 8.82. The van der Waals surface area contributed by atoms with Crippen LogP contribution in [0.1, 0.15) is 23.6 Å². The van der Waals surface area contributed by atoms with E-state index >= 15 is 0 Å². The van der Waals surface area contributed by atoms with Crippen molar-refractivity contribution in [1.29, 1.82) is 0 Å². The Morgan fingerprint density at radius 3 is 2.65 bits per heavy atom. The number of guanidine groups is 1. The average Bonchev–Trinajstić information content (AvgIpc) is 2.61. The summed E-state index contributed by atoms with van der Waals surface area (Å²) in [5, 5.41) is 3.01. The van der Waals surface area contributed by atoms with Crippen molar-refractivity contribution in [2.75, 3.05) is 18.4 Å². The zero-order valence-corrected chi connectivity index (χ0v) is 16.2. The van der Waals surface area contributed by atoms with Gasteiger partial charge in [-0.1, -0.05) is 31.2 Å². The Kier molecular flexibility index (Phi) is 6.76. The third-order valence-electron chi connectivity index (χ3n) is 3.93. The zero-order valence-electron chi connectivity index (χ0n) is 15.4. The molecular weight excluding hydrogens is 348 g/mol. The molecule has 0 aliphatic carbocycles. The number of nitrogens with two attached hydrogens (primary N) is 1. The highest BCUT2D eigenvalue weighted by Gasteiger charge is 2.16. The number of aryl methyl sites for hydroxylation is 3. The Morgan fingerprint density at radius 2 is 1.92 bits per heavy atom. The van der Waals surface area contributed by atoms with Gasteiger partial charge in [-0.25, -0.2) is 13.1 Å². The average molecular weight is 375 g/mol. The Morgan fingerprint density at radius 1 is 1.15 bits per heavy atom. The fourth-order valence-electron chi connectivity index (χ4n) is 2.49. The Labute approximate surface area is 155 Å². The van der Waals surface area contributed by atoms with E-state index in [-0.39, 0.29) is 19.0 Å². The highest BCUT2D eigenvalue weighted by Crippen LogP contribution is 2.16. The largest absolute Gasteiger partial charge is 0.370 e.